The van der Waals surface area contributed by atoms with Gasteiger partial charge in [-0.05, 0) is 23.8 Å². The van der Waals surface area contributed by atoms with Crippen molar-refractivity contribution in [3.8, 4) is 0 Å². The average Bonchev–Trinajstić information content (AvgIpc) is 2.14. The van der Waals surface area contributed by atoms with E-state index in [-0.39, 0.29) is 34.5 Å². The van der Waals surface area contributed by atoms with Crippen LogP contribution in [0.4, 0.5) is 0 Å². The van der Waals surface area contributed by atoms with E-state index < -0.39 is 16.1 Å². The summed E-state index contributed by atoms with van der Waals surface area (Å²) in [4.78, 5) is 9.82. The molecule has 0 spiro atoms. The fourth-order valence-corrected chi connectivity index (χ4v) is 1.40. The van der Waals surface area contributed by atoms with Gasteiger partial charge in [0.05, 0.1) is 10.9 Å². The van der Waals surface area contributed by atoms with Crippen LogP contribution in [0.15, 0.2) is 35.2 Å². The molecule has 80 valence electrons. The first-order valence-corrected chi connectivity index (χ1v) is 5.30. The number of carbonyl (C=O) groups is 1. The molecule has 0 aliphatic heterocycles. The molecule has 0 amide bonds. The molecule has 16 heavy (non-hydrogen) atoms. The SMILES string of the molecule is O=C([O-])/C=C/c1ccc(S(=O)(=O)O)cc1.[Na+]. The molecule has 0 heterocycles. The van der Waals surface area contributed by atoms with Crippen LogP contribution in [-0.4, -0.2) is 18.9 Å². The number of rotatable bonds is 3. The Kier molecular flexibility index (Phi) is 5.91. The van der Waals surface area contributed by atoms with Gasteiger partial charge in [0.1, 0.15) is 0 Å². The number of benzene rings is 1. The van der Waals surface area contributed by atoms with E-state index in [9.17, 15) is 18.3 Å². The summed E-state index contributed by atoms with van der Waals surface area (Å²) in [5.41, 5.74) is 0.492. The summed E-state index contributed by atoms with van der Waals surface area (Å²) in [7, 11) is -4.20. The third-order valence-corrected chi connectivity index (χ3v) is 2.46. The van der Waals surface area contributed by atoms with Crippen LogP contribution in [-0.2, 0) is 14.9 Å². The summed E-state index contributed by atoms with van der Waals surface area (Å²) in [6, 6.07) is 5.07. The van der Waals surface area contributed by atoms with Crippen LogP contribution in [0.25, 0.3) is 6.08 Å². The summed E-state index contributed by atoms with van der Waals surface area (Å²) < 4.78 is 29.9. The number of carbonyl (C=O) groups excluding carboxylic acids is 1. The molecule has 1 aromatic rings. The Morgan fingerprint density at radius 3 is 2.12 bits per heavy atom. The molecule has 7 heteroatoms. The van der Waals surface area contributed by atoms with Gasteiger partial charge in [0.15, 0.2) is 0 Å². The molecule has 0 saturated heterocycles. The summed E-state index contributed by atoms with van der Waals surface area (Å²) in [6.45, 7) is 0. The van der Waals surface area contributed by atoms with Crippen molar-refractivity contribution >= 4 is 22.2 Å². The first-order chi connectivity index (χ1) is 6.89. The number of aliphatic carboxylic acids is 1. The molecule has 5 nitrogen and oxygen atoms in total. The number of hydrogen-bond donors (Lipinski definition) is 1. The third kappa shape index (κ3) is 4.91. The van der Waals surface area contributed by atoms with Gasteiger partial charge in [0.25, 0.3) is 10.1 Å². The van der Waals surface area contributed by atoms with Crippen molar-refractivity contribution in [3.05, 3.63) is 35.9 Å². The Balaban J connectivity index is 0.00000225. The van der Waals surface area contributed by atoms with Gasteiger partial charge in [0.2, 0.25) is 0 Å². The van der Waals surface area contributed by atoms with E-state index in [0.717, 1.165) is 6.08 Å². The molecule has 0 radical (unpaired) electrons. The van der Waals surface area contributed by atoms with Gasteiger partial charge in [-0.2, -0.15) is 8.42 Å². The Labute approximate surface area is 115 Å². The van der Waals surface area contributed by atoms with Crippen molar-refractivity contribution in [2.75, 3.05) is 0 Å². The number of carboxylic acid groups (broad SMARTS) is 1. The maximum atomic E-state index is 10.6. The second-order valence-electron chi connectivity index (χ2n) is 2.70. The van der Waals surface area contributed by atoms with Crippen molar-refractivity contribution in [3.63, 3.8) is 0 Å². The molecule has 0 unspecified atom stereocenters. The minimum Gasteiger partial charge on any atom is -0.545 e. The largest absolute Gasteiger partial charge is 1.00 e. The van der Waals surface area contributed by atoms with Crippen LogP contribution >= 0.6 is 0 Å². The summed E-state index contributed by atoms with van der Waals surface area (Å²) in [5, 5.41) is 10.1. The third-order valence-electron chi connectivity index (χ3n) is 1.59. The molecule has 0 aromatic heterocycles. The first kappa shape index (κ1) is 15.3. The van der Waals surface area contributed by atoms with Crippen LogP contribution in [0.2, 0.25) is 0 Å². The first-order valence-electron chi connectivity index (χ1n) is 3.86. The van der Waals surface area contributed by atoms with Crippen molar-refractivity contribution < 1.29 is 52.4 Å². The van der Waals surface area contributed by atoms with Crippen LogP contribution in [0, 0.1) is 0 Å². The number of carboxylic acids is 1. The minimum atomic E-state index is -4.20. The molecule has 0 fully saturated rings. The van der Waals surface area contributed by atoms with E-state index in [1.807, 2.05) is 0 Å². The van der Waals surface area contributed by atoms with Gasteiger partial charge in [-0.1, -0.05) is 18.2 Å². The topological polar surface area (TPSA) is 94.5 Å². The van der Waals surface area contributed by atoms with E-state index >= 15 is 0 Å². The van der Waals surface area contributed by atoms with Crippen LogP contribution in [0.3, 0.4) is 0 Å². The van der Waals surface area contributed by atoms with E-state index in [1.54, 1.807) is 0 Å². The molecule has 1 N–H and O–H groups in total. The fraction of sp³-hybridized carbons (Fsp3) is 0. The normalized spacial score (nSPS) is 11.1. The molecule has 1 rings (SSSR count). The van der Waals surface area contributed by atoms with Gasteiger partial charge in [0, 0.05) is 0 Å². The number of hydrogen-bond acceptors (Lipinski definition) is 4. The predicted molar refractivity (Wildman–Crippen MR) is 50.3 cm³/mol. The van der Waals surface area contributed by atoms with Gasteiger partial charge in [-0.15, -0.1) is 0 Å². The van der Waals surface area contributed by atoms with Crippen molar-refractivity contribution in [1.29, 1.82) is 0 Å². The smallest absolute Gasteiger partial charge is 0.545 e. The monoisotopic (exact) mass is 250 g/mol. The maximum Gasteiger partial charge on any atom is 1.00 e. The summed E-state index contributed by atoms with van der Waals surface area (Å²) in [5.74, 6) is -1.34. The summed E-state index contributed by atoms with van der Waals surface area (Å²) in [6.07, 6.45) is 2.07. The van der Waals surface area contributed by atoms with Crippen LogP contribution in [0.1, 0.15) is 5.56 Å². The van der Waals surface area contributed by atoms with Gasteiger partial charge >= 0.3 is 29.6 Å². The molecular weight excluding hydrogens is 243 g/mol. The Morgan fingerprint density at radius 2 is 1.75 bits per heavy atom. The standard InChI is InChI=1S/C9H8O5S.Na/c10-9(11)6-3-7-1-4-8(5-2-7)15(12,13)14;/h1-6H,(H,10,11)(H,12,13,14);/q;+1/p-1/b6-3+;. The van der Waals surface area contributed by atoms with Crippen LogP contribution < -0.4 is 34.7 Å². The predicted octanol–water partition coefficient (Wildman–Crippen LogP) is -3.30. The van der Waals surface area contributed by atoms with Crippen molar-refractivity contribution in [2.45, 2.75) is 4.90 Å². The van der Waals surface area contributed by atoms with E-state index in [4.69, 9.17) is 4.55 Å². The quantitative estimate of drug-likeness (QED) is 0.344. The average molecular weight is 250 g/mol. The Hall–Kier alpha value is -0.660. The molecular formula is C9H7NaO5S. The summed E-state index contributed by atoms with van der Waals surface area (Å²) >= 11 is 0. The fourth-order valence-electron chi connectivity index (χ4n) is 0.915. The van der Waals surface area contributed by atoms with E-state index in [2.05, 4.69) is 0 Å². The Bertz CT molecular complexity index is 489. The molecule has 1 aromatic carbocycles. The van der Waals surface area contributed by atoms with Gasteiger partial charge in [-0.25, -0.2) is 0 Å². The zero-order chi connectivity index (χ0) is 11.5. The second-order valence-corrected chi connectivity index (χ2v) is 4.12. The van der Waals surface area contributed by atoms with Gasteiger partial charge < -0.3 is 9.90 Å². The molecule has 0 saturated carbocycles. The van der Waals surface area contributed by atoms with E-state index in [0.29, 0.717) is 5.56 Å². The minimum absolute atomic E-state index is 0. The molecule has 0 aliphatic carbocycles. The molecule has 0 aliphatic rings. The van der Waals surface area contributed by atoms with E-state index in [1.165, 1.54) is 30.3 Å². The van der Waals surface area contributed by atoms with Crippen molar-refractivity contribution in [2.24, 2.45) is 0 Å². The van der Waals surface area contributed by atoms with Crippen molar-refractivity contribution in [1.82, 2.24) is 0 Å². The Morgan fingerprint density at radius 1 is 1.25 bits per heavy atom. The second kappa shape index (κ2) is 6.17. The van der Waals surface area contributed by atoms with Crippen LogP contribution in [0.5, 0.6) is 0 Å². The van der Waals surface area contributed by atoms with Gasteiger partial charge in [-0.3, -0.25) is 4.55 Å². The maximum absolute atomic E-state index is 10.6. The zero-order valence-corrected chi connectivity index (χ0v) is 11.3. The molecule has 0 atom stereocenters. The molecule has 0 bridgehead atoms. The zero-order valence-electron chi connectivity index (χ0n) is 8.45.